The molecule has 0 radical (unpaired) electrons. The van der Waals surface area contributed by atoms with E-state index in [1.54, 1.807) is 12.4 Å². The zero-order valence-electron chi connectivity index (χ0n) is 6.36. The first-order valence-electron chi connectivity index (χ1n) is 3.58. The van der Waals surface area contributed by atoms with Gasteiger partial charge in [-0.15, -0.1) is 0 Å². The smallest absolute Gasteiger partial charge is 0.0595 e. The second-order valence-corrected chi connectivity index (χ2v) is 2.44. The quantitative estimate of drug-likeness (QED) is 0.481. The minimum absolute atomic E-state index is 0.863. The van der Waals surface area contributed by atoms with Crippen molar-refractivity contribution in [2.75, 3.05) is 5.43 Å². The molecule has 0 amide bonds. The normalized spacial score (nSPS) is 10.1. The molecule has 2 aromatic rings. The van der Waals surface area contributed by atoms with E-state index in [4.69, 9.17) is 5.84 Å². The van der Waals surface area contributed by atoms with Gasteiger partial charge in [0.2, 0.25) is 0 Å². The van der Waals surface area contributed by atoms with Crippen LogP contribution in [0, 0.1) is 0 Å². The third-order valence-corrected chi connectivity index (χ3v) is 1.75. The number of nitrogens with one attached hydrogen (secondary N) is 1. The number of hydrazine groups is 1. The average Bonchev–Trinajstić information content (AvgIpc) is 2.17. The average molecular weight is 160 g/mol. The summed E-state index contributed by atoms with van der Waals surface area (Å²) in [7, 11) is 0. The first-order valence-corrected chi connectivity index (χ1v) is 3.58. The second-order valence-electron chi connectivity index (χ2n) is 2.44. The third kappa shape index (κ3) is 0.981. The van der Waals surface area contributed by atoms with Gasteiger partial charge in [-0.25, -0.2) is 0 Å². The molecule has 0 fully saturated rings. The molecule has 4 heteroatoms. The van der Waals surface area contributed by atoms with Crippen LogP contribution in [0.1, 0.15) is 0 Å². The maximum Gasteiger partial charge on any atom is 0.0595 e. The van der Waals surface area contributed by atoms with Crippen molar-refractivity contribution in [2.45, 2.75) is 0 Å². The van der Waals surface area contributed by atoms with Crippen LogP contribution in [-0.4, -0.2) is 10.2 Å². The lowest BCUT2D eigenvalue weighted by atomic mass is 10.2. The number of aromatic nitrogens is 2. The summed E-state index contributed by atoms with van der Waals surface area (Å²) in [6.07, 6.45) is 3.39. The Hall–Kier alpha value is -1.68. The lowest BCUT2D eigenvalue weighted by molar-refractivity contribution is 1.05. The Morgan fingerprint density at radius 3 is 2.83 bits per heavy atom. The fraction of sp³-hybridized carbons (Fsp3) is 0. The van der Waals surface area contributed by atoms with E-state index in [1.807, 2.05) is 18.2 Å². The monoisotopic (exact) mass is 160 g/mol. The fourth-order valence-electron chi connectivity index (χ4n) is 1.15. The maximum absolute atomic E-state index is 5.32. The van der Waals surface area contributed by atoms with Crippen molar-refractivity contribution >= 4 is 16.5 Å². The van der Waals surface area contributed by atoms with Crippen molar-refractivity contribution in [3.63, 3.8) is 0 Å². The van der Waals surface area contributed by atoms with Gasteiger partial charge in [-0.3, -0.25) is 5.84 Å². The van der Waals surface area contributed by atoms with E-state index in [9.17, 15) is 0 Å². The zero-order valence-corrected chi connectivity index (χ0v) is 6.36. The molecule has 3 N–H and O–H groups in total. The molecular formula is C8H8N4. The van der Waals surface area contributed by atoms with Crippen LogP contribution in [0.4, 0.5) is 5.69 Å². The number of benzene rings is 1. The van der Waals surface area contributed by atoms with Crippen LogP contribution in [0.15, 0.2) is 30.6 Å². The molecule has 0 aliphatic carbocycles. The number of nitrogen functional groups attached to an aromatic ring is 1. The summed E-state index contributed by atoms with van der Waals surface area (Å²) in [5.41, 5.74) is 3.47. The summed E-state index contributed by atoms with van der Waals surface area (Å²) < 4.78 is 0. The topological polar surface area (TPSA) is 63.8 Å². The summed E-state index contributed by atoms with van der Waals surface area (Å²) in [5, 5.41) is 9.56. The molecule has 1 aromatic heterocycles. The van der Waals surface area contributed by atoms with E-state index >= 15 is 0 Å². The molecule has 12 heavy (non-hydrogen) atoms. The van der Waals surface area contributed by atoms with Gasteiger partial charge in [0.15, 0.2) is 0 Å². The van der Waals surface area contributed by atoms with Gasteiger partial charge >= 0.3 is 0 Å². The number of nitrogens with zero attached hydrogens (tertiary/aromatic N) is 2. The van der Waals surface area contributed by atoms with E-state index in [1.165, 1.54) is 0 Å². The van der Waals surface area contributed by atoms with Crippen molar-refractivity contribution in [1.82, 2.24) is 10.2 Å². The third-order valence-electron chi connectivity index (χ3n) is 1.75. The highest BCUT2D eigenvalue weighted by molar-refractivity contribution is 5.92. The lowest BCUT2D eigenvalue weighted by Crippen LogP contribution is -2.06. The van der Waals surface area contributed by atoms with Gasteiger partial charge in [0, 0.05) is 10.8 Å². The van der Waals surface area contributed by atoms with Crippen molar-refractivity contribution < 1.29 is 0 Å². The zero-order chi connectivity index (χ0) is 8.39. The van der Waals surface area contributed by atoms with Crippen LogP contribution in [0.5, 0.6) is 0 Å². The van der Waals surface area contributed by atoms with Crippen molar-refractivity contribution in [1.29, 1.82) is 0 Å². The molecule has 0 aliphatic heterocycles. The Morgan fingerprint density at radius 1 is 1.17 bits per heavy atom. The van der Waals surface area contributed by atoms with Gasteiger partial charge in [0.25, 0.3) is 0 Å². The van der Waals surface area contributed by atoms with Crippen molar-refractivity contribution in [3.8, 4) is 0 Å². The molecule has 0 spiro atoms. The minimum atomic E-state index is 0.863. The number of hydrogen-bond acceptors (Lipinski definition) is 4. The highest BCUT2D eigenvalue weighted by atomic mass is 15.2. The SMILES string of the molecule is NNc1cccc2cnncc12. The number of nitrogens with two attached hydrogens (primary N) is 1. The summed E-state index contributed by atoms with van der Waals surface area (Å²) in [6.45, 7) is 0. The molecular weight excluding hydrogens is 152 g/mol. The summed E-state index contributed by atoms with van der Waals surface area (Å²) in [6, 6.07) is 5.77. The molecule has 1 heterocycles. The molecule has 0 aliphatic rings. The number of anilines is 1. The van der Waals surface area contributed by atoms with Crippen LogP contribution in [0.25, 0.3) is 10.8 Å². The first-order chi connectivity index (χ1) is 5.92. The molecule has 0 saturated carbocycles. The predicted octanol–water partition coefficient (Wildman–Crippen LogP) is 0.915. The second kappa shape index (κ2) is 2.75. The van der Waals surface area contributed by atoms with Crippen LogP contribution >= 0.6 is 0 Å². The highest BCUT2D eigenvalue weighted by Gasteiger charge is 1.97. The summed E-state index contributed by atoms with van der Waals surface area (Å²) in [5.74, 6) is 5.32. The minimum Gasteiger partial charge on any atom is -0.323 e. The van der Waals surface area contributed by atoms with Crippen LogP contribution in [0.3, 0.4) is 0 Å². The van der Waals surface area contributed by atoms with E-state index in [0.29, 0.717) is 0 Å². The Morgan fingerprint density at radius 2 is 2.00 bits per heavy atom. The van der Waals surface area contributed by atoms with Crippen molar-refractivity contribution in [3.05, 3.63) is 30.6 Å². The van der Waals surface area contributed by atoms with E-state index in [-0.39, 0.29) is 0 Å². The molecule has 1 aromatic carbocycles. The molecule has 60 valence electrons. The molecule has 4 nitrogen and oxygen atoms in total. The van der Waals surface area contributed by atoms with Crippen LogP contribution < -0.4 is 11.3 Å². The number of fused-ring (bicyclic) bond motifs is 1. The lowest BCUT2D eigenvalue weighted by Gasteiger charge is -2.02. The molecule has 0 bridgehead atoms. The van der Waals surface area contributed by atoms with Gasteiger partial charge in [0.1, 0.15) is 0 Å². The van der Waals surface area contributed by atoms with E-state index in [0.717, 1.165) is 16.5 Å². The Labute approximate surface area is 69.4 Å². The van der Waals surface area contributed by atoms with Crippen LogP contribution in [-0.2, 0) is 0 Å². The van der Waals surface area contributed by atoms with Gasteiger partial charge in [0.05, 0.1) is 18.1 Å². The molecule has 0 unspecified atom stereocenters. The van der Waals surface area contributed by atoms with Crippen molar-refractivity contribution in [2.24, 2.45) is 5.84 Å². The largest absolute Gasteiger partial charge is 0.323 e. The summed E-state index contributed by atoms with van der Waals surface area (Å²) in [4.78, 5) is 0. The highest BCUT2D eigenvalue weighted by Crippen LogP contribution is 2.19. The van der Waals surface area contributed by atoms with Gasteiger partial charge in [-0.2, -0.15) is 10.2 Å². The number of rotatable bonds is 1. The first kappa shape index (κ1) is 7.00. The predicted molar refractivity (Wildman–Crippen MR) is 47.3 cm³/mol. The van der Waals surface area contributed by atoms with E-state index in [2.05, 4.69) is 15.6 Å². The standard InChI is InChI=1S/C8H8N4/c9-12-8-3-1-2-6-4-10-11-5-7(6)8/h1-5,12H,9H2. The maximum atomic E-state index is 5.32. The fourth-order valence-corrected chi connectivity index (χ4v) is 1.15. The Balaban J connectivity index is 2.79. The number of hydrogen-bond donors (Lipinski definition) is 2. The summed E-state index contributed by atoms with van der Waals surface area (Å²) >= 11 is 0. The Bertz CT molecular complexity index is 394. The van der Waals surface area contributed by atoms with Gasteiger partial charge in [-0.05, 0) is 6.07 Å². The molecule has 0 saturated heterocycles. The molecule has 0 atom stereocenters. The van der Waals surface area contributed by atoms with Gasteiger partial charge in [-0.1, -0.05) is 12.1 Å². The van der Waals surface area contributed by atoms with Gasteiger partial charge < -0.3 is 5.43 Å². The van der Waals surface area contributed by atoms with Crippen LogP contribution in [0.2, 0.25) is 0 Å². The van der Waals surface area contributed by atoms with E-state index < -0.39 is 0 Å². The Kier molecular flexibility index (Phi) is 1.60. The molecule has 2 rings (SSSR count).